The van der Waals surface area contributed by atoms with Crippen LogP contribution in [-0.2, 0) is 0 Å². The molecular formula is C12H11BrClN3. The van der Waals surface area contributed by atoms with Crippen molar-refractivity contribution in [3.8, 4) is 0 Å². The van der Waals surface area contributed by atoms with Crippen LogP contribution in [0.1, 0.15) is 11.3 Å². The number of hydrogen-bond acceptors (Lipinski definition) is 3. The predicted molar refractivity (Wildman–Crippen MR) is 73.9 cm³/mol. The van der Waals surface area contributed by atoms with Gasteiger partial charge in [-0.05, 0) is 43.1 Å². The van der Waals surface area contributed by atoms with Gasteiger partial charge in [0.15, 0.2) is 0 Å². The molecule has 0 radical (unpaired) electrons. The van der Waals surface area contributed by atoms with Crippen LogP contribution in [0.2, 0.25) is 5.28 Å². The van der Waals surface area contributed by atoms with Gasteiger partial charge in [-0.3, -0.25) is 0 Å². The van der Waals surface area contributed by atoms with Crippen molar-refractivity contribution >= 4 is 39.0 Å². The van der Waals surface area contributed by atoms with Gasteiger partial charge in [-0.15, -0.1) is 0 Å². The van der Waals surface area contributed by atoms with E-state index in [1.807, 2.05) is 38.1 Å². The van der Waals surface area contributed by atoms with E-state index < -0.39 is 0 Å². The highest BCUT2D eigenvalue weighted by Gasteiger charge is 2.02. The Kier molecular flexibility index (Phi) is 3.64. The minimum absolute atomic E-state index is 0.249. The standard InChI is InChI=1S/C12H11BrClN3/c1-7-3-4-9(6-10(7)13)16-11-5-8(2)15-12(14)17-11/h3-6H,1-2H3,(H,15,16,17). The van der Waals surface area contributed by atoms with Gasteiger partial charge in [0.25, 0.3) is 0 Å². The van der Waals surface area contributed by atoms with E-state index in [4.69, 9.17) is 11.6 Å². The number of nitrogens with zero attached hydrogens (tertiary/aromatic N) is 2. The van der Waals surface area contributed by atoms with E-state index in [2.05, 4.69) is 31.2 Å². The summed E-state index contributed by atoms with van der Waals surface area (Å²) >= 11 is 9.29. The largest absolute Gasteiger partial charge is 0.340 e. The lowest BCUT2D eigenvalue weighted by molar-refractivity contribution is 1.10. The van der Waals surface area contributed by atoms with Crippen LogP contribution < -0.4 is 5.32 Å². The molecule has 0 saturated heterocycles. The first-order valence-corrected chi connectivity index (χ1v) is 6.26. The summed E-state index contributed by atoms with van der Waals surface area (Å²) in [5, 5.41) is 3.44. The lowest BCUT2D eigenvalue weighted by Crippen LogP contribution is -1.96. The zero-order chi connectivity index (χ0) is 12.4. The molecule has 17 heavy (non-hydrogen) atoms. The summed E-state index contributed by atoms with van der Waals surface area (Å²) in [6.07, 6.45) is 0. The molecule has 0 saturated carbocycles. The van der Waals surface area contributed by atoms with Gasteiger partial charge >= 0.3 is 0 Å². The minimum Gasteiger partial charge on any atom is -0.340 e. The van der Waals surface area contributed by atoms with Gasteiger partial charge in [0.2, 0.25) is 5.28 Å². The first-order valence-electron chi connectivity index (χ1n) is 5.09. The molecule has 0 atom stereocenters. The van der Waals surface area contributed by atoms with E-state index in [9.17, 15) is 0 Å². The van der Waals surface area contributed by atoms with Crippen LogP contribution in [-0.4, -0.2) is 9.97 Å². The number of aromatic nitrogens is 2. The maximum Gasteiger partial charge on any atom is 0.224 e. The molecule has 0 spiro atoms. The van der Waals surface area contributed by atoms with E-state index in [0.717, 1.165) is 15.9 Å². The maximum atomic E-state index is 5.80. The molecule has 5 heteroatoms. The third-order valence-electron chi connectivity index (χ3n) is 2.27. The third-order valence-corrected chi connectivity index (χ3v) is 3.29. The van der Waals surface area contributed by atoms with Crippen LogP contribution in [0.25, 0.3) is 0 Å². The Labute approximate surface area is 113 Å². The topological polar surface area (TPSA) is 37.8 Å². The molecule has 0 amide bonds. The fourth-order valence-electron chi connectivity index (χ4n) is 1.41. The lowest BCUT2D eigenvalue weighted by atomic mass is 10.2. The molecule has 0 fully saturated rings. The Hall–Kier alpha value is -1.13. The molecule has 0 unspecified atom stereocenters. The predicted octanol–water partition coefficient (Wildman–Crippen LogP) is 4.25. The Bertz CT molecular complexity index is 537. The highest BCUT2D eigenvalue weighted by molar-refractivity contribution is 9.10. The quantitative estimate of drug-likeness (QED) is 0.842. The van der Waals surface area contributed by atoms with Crippen LogP contribution in [0, 0.1) is 13.8 Å². The van der Waals surface area contributed by atoms with E-state index in [1.165, 1.54) is 5.56 Å². The number of nitrogens with one attached hydrogen (secondary N) is 1. The second-order valence-electron chi connectivity index (χ2n) is 3.75. The second kappa shape index (κ2) is 5.02. The second-order valence-corrected chi connectivity index (χ2v) is 4.94. The molecule has 1 N–H and O–H groups in total. The molecule has 88 valence electrons. The van der Waals surface area contributed by atoms with E-state index in [-0.39, 0.29) is 5.28 Å². The number of halogens is 2. The maximum absolute atomic E-state index is 5.80. The molecule has 1 heterocycles. The summed E-state index contributed by atoms with van der Waals surface area (Å²) in [4.78, 5) is 8.12. The van der Waals surface area contributed by atoms with Crippen LogP contribution >= 0.6 is 27.5 Å². The van der Waals surface area contributed by atoms with Gasteiger partial charge in [-0.25, -0.2) is 9.97 Å². The van der Waals surface area contributed by atoms with Crippen molar-refractivity contribution in [1.82, 2.24) is 9.97 Å². The molecule has 1 aromatic heterocycles. The van der Waals surface area contributed by atoms with Crippen molar-refractivity contribution in [2.45, 2.75) is 13.8 Å². The van der Waals surface area contributed by atoms with Crippen molar-refractivity contribution in [2.24, 2.45) is 0 Å². The molecular weight excluding hydrogens is 302 g/mol. The number of rotatable bonds is 2. The third kappa shape index (κ3) is 3.17. The number of benzene rings is 1. The first-order chi connectivity index (χ1) is 8.04. The Balaban J connectivity index is 2.28. The highest BCUT2D eigenvalue weighted by Crippen LogP contribution is 2.23. The number of hydrogen-bond donors (Lipinski definition) is 1. The highest BCUT2D eigenvalue weighted by atomic mass is 79.9. The molecule has 2 rings (SSSR count). The summed E-state index contributed by atoms with van der Waals surface area (Å²) in [5.74, 6) is 0.693. The Morgan fingerprint density at radius 2 is 1.94 bits per heavy atom. The summed E-state index contributed by atoms with van der Waals surface area (Å²) in [6.45, 7) is 3.92. The fraction of sp³-hybridized carbons (Fsp3) is 0.167. The SMILES string of the molecule is Cc1cc(Nc2ccc(C)c(Br)c2)nc(Cl)n1. The van der Waals surface area contributed by atoms with Crippen LogP contribution in [0.5, 0.6) is 0 Å². The van der Waals surface area contributed by atoms with Crippen LogP contribution in [0.4, 0.5) is 11.5 Å². The van der Waals surface area contributed by atoms with Gasteiger partial charge in [-0.1, -0.05) is 22.0 Å². The number of anilines is 2. The molecule has 1 aromatic carbocycles. The van der Waals surface area contributed by atoms with Crippen molar-refractivity contribution < 1.29 is 0 Å². The lowest BCUT2D eigenvalue weighted by Gasteiger charge is -2.08. The summed E-state index contributed by atoms with van der Waals surface area (Å²) in [7, 11) is 0. The van der Waals surface area contributed by atoms with Crippen molar-refractivity contribution in [3.63, 3.8) is 0 Å². The van der Waals surface area contributed by atoms with Crippen molar-refractivity contribution in [3.05, 3.63) is 45.3 Å². The van der Waals surface area contributed by atoms with Crippen molar-refractivity contribution in [1.29, 1.82) is 0 Å². The van der Waals surface area contributed by atoms with Gasteiger partial charge in [0.05, 0.1) is 0 Å². The average molecular weight is 313 g/mol. The fourth-order valence-corrected chi connectivity index (χ4v) is 2.02. The normalized spacial score (nSPS) is 10.4. The minimum atomic E-state index is 0.249. The molecule has 0 bridgehead atoms. The van der Waals surface area contributed by atoms with Gasteiger partial charge in [-0.2, -0.15) is 0 Å². The van der Waals surface area contributed by atoms with Gasteiger partial charge < -0.3 is 5.32 Å². The smallest absolute Gasteiger partial charge is 0.224 e. The zero-order valence-corrected chi connectivity index (χ0v) is 11.8. The average Bonchev–Trinajstić information content (AvgIpc) is 2.22. The Morgan fingerprint density at radius 1 is 1.18 bits per heavy atom. The van der Waals surface area contributed by atoms with Crippen LogP contribution in [0.15, 0.2) is 28.7 Å². The summed E-state index contributed by atoms with van der Waals surface area (Å²) < 4.78 is 1.05. The molecule has 3 nitrogen and oxygen atoms in total. The molecule has 2 aromatic rings. The van der Waals surface area contributed by atoms with Gasteiger partial charge in [0.1, 0.15) is 5.82 Å². The summed E-state index contributed by atoms with van der Waals surface area (Å²) in [6, 6.07) is 7.87. The van der Waals surface area contributed by atoms with Crippen LogP contribution in [0.3, 0.4) is 0 Å². The van der Waals surface area contributed by atoms with E-state index >= 15 is 0 Å². The van der Waals surface area contributed by atoms with Gasteiger partial charge in [0, 0.05) is 21.9 Å². The molecule has 0 aliphatic carbocycles. The summed E-state index contributed by atoms with van der Waals surface area (Å²) in [5.41, 5.74) is 2.97. The van der Waals surface area contributed by atoms with E-state index in [0.29, 0.717) is 5.82 Å². The Morgan fingerprint density at radius 3 is 2.59 bits per heavy atom. The monoisotopic (exact) mass is 311 g/mol. The first kappa shape index (κ1) is 12.3. The molecule has 0 aliphatic rings. The molecule has 0 aliphatic heterocycles. The zero-order valence-electron chi connectivity index (χ0n) is 9.46. The van der Waals surface area contributed by atoms with E-state index in [1.54, 1.807) is 0 Å². The van der Waals surface area contributed by atoms with Crippen molar-refractivity contribution in [2.75, 3.05) is 5.32 Å². The number of aryl methyl sites for hydroxylation is 2.